The molecule has 118 valence electrons. The Hall–Kier alpha value is -0.890. The number of ether oxygens (including phenoxy) is 1. The minimum absolute atomic E-state index is 0.545. The Morgan fingerprint density at radius 1 is 1.19 bits per heavy atom. The third-order valence-corrected chi connectivity index (χ3v) is 5.20. The number of benzene rings is 1. The number of hydrogen-bond acceptors (Lipinski definition) is 2. The molecule has 2 nitrogen and oxygen atoms in total. The van der Waals surface area contributed by atoms with Crippen LogP contribution in [0.4, 0.5) is 5.69 Å². The van der Waals surface area contributed by atoms with E-state index in [-0.39, 0.29) is 0 Å². The average Bonchev–Trinajstić information content (AvgIpc) is 2.68. The summed E-state index contributed by atoms with van der Waals surface area (Å²) in [6.07, 6.45) is 6.49. The fourth-order valence-electron chi connectivity index (χ4n) is 3.31. The number of rotatable bonds is 4. The molecule has 0 heterocycles. The van der Waals surface area contributed by atoms with Crippen molar-refractivity contribution < 1.29 is 4.74 Å². The van der Waals surface area contributed by atoms with E-state index in [2.05, 4.69) is 25.2 Å². The molecule has 0 aliphatic heterocycles. The van der Waals surface area contributed by atoms with E-state index < -0.39 is 0 Å². The lowest BCUT2D eigenvalue weighted by molar-refractivity contribution is 0.341. The fraction of sp³-hybridized carbons (Fsp3) is 0.667. The molecule has 0 bridgehead atoms. The smallest absolute Gasteiger partial charge is 0.143 e. The van der Waals surface area contributed by atoms with Crippen LogP contribution in [0.15, 0.2) is 12.1 Å². The van der Waals surface area contributed by atoms with Crippen molar-refractivity contribution in [2.24, 2.45) is 11.8 Å². The molecular formula is C18H28ClNO. The van der Waals surface area contributed by atoms with Gasteiger partial charge >= 0.3 is 0 Å². The van der Waals surface area contributed by atoms with Crippen LogP contribution in [0.2, 0.25) is 5.02 Å². The van der Waals surface area contributed by atoms with Crippen molar-refractivity contribution in [2.75, 3.05) is 12.4 Å². The van der Waals surface area contributed by atoms with Gasteiger partial charge in [0.1, 0.15) is 5.75 Å². The van der Waals surface area contributed by atoms with Crippen molar-refractivity contribution in [3.05, 3.63) is 22.7 Å². The molecule has 2 atom stereocenters. The van der Waals surface area contributed by atoms with Crippen LogP contribution >= 0.6 is 11.6 Å². The Balaban J connectivity index is 2.06. The number of methoxy groups -OCH3 is 1. The molecule has 0 aromatic heterocycles. The van der Waals surface area contributed by atoms with Gasteiger partial charge < -0.3 is 10.1 Å². The van der Waals surface area contributed by atoms with E-state index in [1.165, 1.54) is 32.1 Å². The second kappa shape index (κ2) is 7.40. The third-order valence-electron chi connectivity index (χ3n) is 4.80. The molecule has 1 aromatic rings. The summed E-state index contributed by atoms with van der Waals surface area (Å²) in [4.78, 5) is 0. The molecule has 1 N–H and O–H groups in total. The van der Waals surface area contributed by atoms with Gasteiger partial charge in [-0.1, -0.05) is 38.3 Å². The van der Waals surface area contributed by atoms with Gasteiger partial charge in [0.2, 0.25) is 0 Å². The zero-order valence-electron chi connectivity index (χ0n) is 13.7. The van der Waals surface area contributed by atoms with E-state index in [9.17, 15) is 0 Å². The maximum absolute atomic E-state index is 6.18. The van der Waals surface area contributed by atoms with Crippen LogP contribution in [-0.2, 0) is 0 Å². The van der Waals surface area contributed by atoms with E-state index in [0.717, 1.165) is 33.9 Å². The molecule has 0 radical (unpaired) electrons. The summed E-state index contributed by atoms with van der Waals surface area (Å²) < 4.78 is 5.47. The second-order valence-corrected chi connectivity index (χ2v) is 7.06. The van der Waals surface area contributed by atoms with Crippen molar-refractivity contribution in [1.82, 2.24) is 0 Å². The van der Waals surface area contributed by atoms with Crippen LogP contribution in [0, 0.1) is 18.8 Å². The van der Waals surface area contributed by atoms with E-state index in [1.807, 2.05) is 13.0 Å². The molecule has 21 heavy (non-hydrogen) atoms. The van der Waals surface area contributed by atoms with Gasteiger partial charge in [0.15, 0.2) is 0 Å². The van der Waals surface area contributed by atoms with Gasteiger partial charge in [0, 0.05) is 17.1 Å². The van der Waals surface area contributed by atoms with Crippen molar-refractivity contribution in [1.29, 1.82) is 0 Å². The Morgan fingerprint density at radius 3 is 2.62 bits per heavy atom. The average molecular weight is 310 g/mol. The number of halogens is 1. The molecule has 2 rings (SSSR count). The summed E-state index contributed by atoms with van der Waals surface area (Å²) in [5, 5.41) is 4.45. The Bertz CT molecular complexity index is 473. The molecule has 0 amide bonds. The van der Waals surface area contributed by atoms with Crippen LogP contribution in [0.3, 0.4) is 0 Å². The molecular weight excluding hydrogens is 282 g/mol. The van der Waals surface area contributed by atoms with E-state index in [0.29, 0.717) is 6.04 Å². The number of anilines is 1. The van der Waals surface area contributed by atoms with Gasteiger partial charge in [-0.05, 0) is 49.7 Å². The molecule has 0 spiro atoms. The molecule has 1 fully saturated rings. The van der Waals surface area contributed by atoms with Crippen LogP contribution in [0.1, 0.15) is 51.5 Å². The van der Waals surface area contributed by atoms with Crippen molar-refractivity contribution >= 4 is 17.3 Å². The number of hydrogen-bond donors (Lipinski definition) is 1. The molecule has 1 aliphatic carbocycles. The minimum atomic E-state index is 0.545. The van der Waals surface area contributed by atoms with Gasteiger partial charge in [-0.25, -0.2) is 0 Å². The summed E-state index contributed by atoms with van der Waals surface area (Å²) in [7, 11) is 1.70. The molecule has 1 aromatic carbocycles. The first kappa shape index (κ1) is 16.5. The van der Waals surface area contributed by atoms with Crippen LogP contribution in [0.25, 0.3) is 0 Å². The molecule has 3 heteroatoms. The fourth-order valence-corrected chi connectivity index (χ4v) is 3.46. The quantitative estimate of drug-likeness (QED) is 0.723. The lowest BCUT2D eigenvalue weighted by Gasteiger charge is -2.21. The zero-order chi connectivity index (χ0) is 15.4. The van der Waals surface area contributed by atoms with Gasteiger partial charge in [-0.15, -0.1) is 0 Å². The second-order valence-electron chi connectivity index (χ2n) is 6.66. The Morgan fingerprint density at radius 2 is 1.95 bits per heavy atom. The summed E-state index contributed by atoms with van der Waals surface area (Å²) in [5.74, 6) is 2.52. The van der Waals surface area contributed by atoms with Gasteiger partial charge in [-0.2, -0.15) is 0 Å². The maximum atomic E-state index is 6.18. The van der Waals surface area contributed by atoms with Crippen molar-refractivity contribution in [3.63, 3.8) is 0 Å². The predicted molar refractivity (Wildman–Crippen MR) is 91.6 cm³/mol. The third kappa shape index (κ3) is 4.29. The van der Waals surface area contributed by atoms with Crippen LogP contribution in [-0.4, -0.2) is 13.2 Å². The Labute approximate surface area is 134 Å². The van der Waals surface area contributed by atoms with Gasteiger partial charge in [0.25, 0.3) is 0 Å². The van der Waals surface area contributed by atoms with Crippen molar-refractivity contribution in [3.8, 4) is 5.75 Å². The van der Waals surface area contributed by atoms with E-state index in [1.54, 1.807) is 7.11 Å². The number of nitrogens with one attached hydrogen (secondary N) is 1. The first-order valence-corrected chi connectivity index (χ1v) is 8.49. The van der Waals surface area contributed by atoms with E-state index in [4.69, 9.17) is 16.3 Å². The Kier molecular flexibility index (Phi) is 5.80. The van der Waals surface area contributed by atoms with Crippen LogP contribution < -0.4 is 10.1 Å². The van der Waals surface area contributed by atoms with Gasteiger partial charge in [0.05, 0.1) is 12.8 Å². The summed E-state index contributed by atoms with van der Waals surface area (Å²) in [5.41, 5.74) is 2.17. The predicted octanol–water partition coefficient (Wildman–Crippen LogP) is 5.67. The number of aryl methyl sites for hydroxylation is 1. The monoisotopic (exact) mass is 309 g/mol. The summed E-state index contributed by atoms with van der Waals surface area (Å²) in [6, 6.07) is 4.56. The topological polar surface area (TPSA) is 21.3 Å². The molecule has 2 unspecified atom stereocenters. The lowest BCUT2D eigenvalue weighted by atomic mass is 9.89. The summed E-state index contributed by atoms with van der Waals surface area (Å²) >= 11 is 6.18. The molecule has 0 saturated heterocycles. The lowest BCUT2D eigenvalue weighted by Crippen LogP contribution is -2.19. The molecule has 1 aliphatic rings. The van der Waals surface area contributed by atoms with Gasteiger partial charge in [-0.3, -0.25) is 0 Å². The summed E-state index contributed by atoms with van der Waals surface area (Å²) in [6.45, 7) is 6.74. The highest BCUT2D eigenvalue weighted by molar-refractivity contribution is 6.31. The first-order chi connectivity index (χ1) is 10.0. The first-order valence-electron chi connectivity index (χ1n) is 8.12. The highest BCUT2D eigenvalue weighted by Crippen LogP contribution is 2.34. The zero-order valence-corrected chi connectivity index (χ0v) is 14.5. The van der Waals surface area contributed by atoms with Crippen molar-refractivity contribution in [2.45, 2.75) is 58.9 Å². The minimum Gasteiger partial charge on any atom is -0.495 e. The SMILES string of the molecule is COc1cc(Cl)c(C)cc1NC1CCCC(C(C)C)CC1. The largest absolute Gasteiger partial charge is 0.495 e. The van der Waals surface area contributed by atoms with Crippen LogP contribution in [0.5, 0.6) is 5.75 Å². The van der Waals surface area contributed by atoms with E-state index >= 15 is 0 Å². The molecule has 1 saturated carbocycles. The standard InChI is InChI=1S/C18H28ClNO/c1-12(2)14-6-5-7-15(9-8-14)20-17-10-13(3)16(19)11-18(17)21-4/h10-12,14-15,20H,5-9H2,1-4H3. The normalized spacial score (nSPS) is 23.0. The maximum Gasteiger partial charge on any atom is 0.143 e. The highest BCUT2D eigenvalue weighted by Gasteiger charge is 2.21. The highest BCUT2D eigenvalue weighted by atomic mass is 35.5.